The van der Waals surface area contributed by atoms with E-state index in [1.165, 1.54) is 11.1 Å². The predicted molar refractivity (Wildman–Crippen MR) is 118 cm³/mol. The zero-order valence-corrected chi connectivity index (χ0v) is 17.7. The summed E-state index contributed by atoms with van der Waals surface area (Å²) < 4.78 is 3.38. The number of rotatable bonds is 8. The molecule has 1 aromatic heterocycles. The number of nitrogens with zero attached hydrogens (tertiary/aromatic N) is 3. The maximum atomic E-state index is 5.93. The first-order chi connectivity index (χ1) is 13.4. The molecule has 5 N–H and O–H groups in total. The second-order valence-corrected chi connectivity index (χ2v) is 7.93. The highest BCUT2D eigenvalue weighted by molar-refractivity contribution is 8.01. The summed E-state index contributed by atoms with van der Waals surface area (Å²) in [5.74, 6) is 1.04. The molecule has 3 rings (SSSR count). The number of benzene rings is 1. The van der Waals surface area contributed by atoms with Gasteiger partial charge in [0.15, 0.2) is 0 Å². The van der Waals surface area contributed by atoms with Gasteiger partial charge in [-0.3, -0.25) is 4.72 Å². The fraction of sp³-hybridized carbons (Fsp3) is 0.400. The van der Waals surface area contributed by atoms with E-state index in [2.05, 4.69) is 76.4 Å². The number of nitrogen functional groups attached to an aromatic ring is 1. The standard InChI is InChI=1S/C20H29N7S/c1-13-7-5-8-16(14(13)2)17-11-18(26-20(21)25-17)22-9-6-10-23-28-19-12-27(4)15(3)24-19/h5,7-8,11-12,15,23-24H,6,9-10H2,1-4H3,(H3,21,22,25,26). The molecule has 0 saturated carbocycles. The number of aromatic nitrogens is 2. The van der Waals surface area contributed by atoms with E-state index < -0.39 is 0 Å². The van der Waals surface area contributed by atoms with Crippen LogP contribution in [0.4, 0.5) is 11.8 Å². The molecule has 2 aromatic rings. The molecule has 2 heterocycles. The van der Waals surface area contributed by atoms with Gasteiger partial charge in [0, 0.05) is 38.0 Å². The summed E-state index contributed by atoms with van der Waals surface area (Å²) >= 11 is 1.63. The molecule has 1 unspecified atom stereocenters. The lowest BCUT2D eigenvalue weighted by Gasteiger charge is -2.15. The van der Waals surface area contributed by atoms with Gasteiger partial charge in [0.25, 0.3) is 0 Å². The Balaban J connectivity index is 1.49. The van der Waals surface area contributed by atoms with Gasteiger partial charge in [-0.25, -0.2) is 4.98 Å². The van der Waals surface area contributed by atoms with Gasteiger partial charge in [-0.2, -0.15) is 4.98 Å². The lowest BCUT2D eigenvalue weighted by molar-refractivity contribution is 0.356. The summed E-state index contributed by atoms with van der Waals surface area (Å²) in [4.78, 5) is 10.9. The van der Waals surface area contributed by atoms with Gasteiger partial charge >= 0.3 is 0 Å². The van der Waals surface area contributed by atoms with Crippen molar-refractivity contribution in [1.82, 2.24) is 24.9 Å². The molecule has 28 heavy (non-hydrogen) atoms. The highest BCUT2D eigenvalue weighted by Crippen LogP contribution is 2.26. The zero-order valence-electron chi connectivity index (χ0n) is 16.9. The molecule has 0 aliphatic carbocycles. The average molecular weight is 400 g/mol. The van der Waals surface area contributed by atoms with Crippen LogP contribution in [-0.4, -0.2) is 41.2 Å². The molecule has 0 fully saturated rings. The van der Waals surface area contributed by atoms with Crippen LogP contribution >= 0.6 is 11.9 Å². The molecule has 1 atom stereocenters. The smallest absolute Gasteiger partial charge is 0.222 e. The van der Waals surface area contributed by atoms with Crippen molar-refractivity contribution in [2.45, 2.75) is 33.4 Å². The average Bonchev–Trinajstić information content (AvgIpc) is 2.97. The van der Waals surface area contributed by atoms with Crippen LogP contribution in [0.2, 0.25) is 0 Å². The van der Waals surface area contributed by atoms with E-state index in [0.29, 0.717) is 6.17 Å². The number of hydrogen-bond acceptors (Lipinski definition) is 8. The van der Waals surface area contributed by atoms with Crippen LogP contribution < -0.4 is 21.1 Å². The molecule has 1 aliphatic heterocycles. The Morgan fingerprint density at radius 1 is 1.25 bits per heavy atom. The van der Waals surface area contributed by atoms with Crippen molar-refractivity contribution >= 4 is 23.7 Å². The molecule has 0 amide bonds. The van der Waals surface area contributed by atoms with Crippen LogP contribution in [0.3, 0.4) is 0 Å². The monoisotopic (exact) mass is 399 g/mol. The number of aryl methyl sites for hydroxylation is 1. The van der Waals surface area contributed by atoms with Gasteiger partial charge in [-0.15, -0.1) is 0 Å². The fourth-order valence-electron chi connectivity index (χ4n) is 2.93. The van der Waals surface area contributed by atoms with Crippen LogP contribution in [0.5, 0.6) is 0 Å². The third-order valence-corrected chi connectivity index (χ3v) is 5.64. The first kappa shape index (κ1) is 20.3. The molecule has 0 bridgehead atoms. The number of anilines is 2. The van der Waals surface area contributed by atoms with Gasteiger partial charge in [0.2, 0.25) is 5.95 Å². The van der Waals surface area contributed by atoms with Crippen molar-refractivity contribution in [2.75, 3.05) is 31.2 Å². The molecule has 1 aliphatic rings. The lowest BCUT2D eigenvalue weighted by atomic mass is 10.0. The van der Waals surface area contributed by atoms with Gasteiger partial charge in [-0.05, 0) is 50.3 Å². The van der Waals surface area contributed by atoms with E-state index in [1.807, 2.05) is 12.1 Å². The van der Waals surface area contributed by atoms with E-state index in [9.17, 15) is 0 Å². The second-order valence-electron chi connectivity index (χ2n) is 7.00. The molecular formula is C20H29N7S. The summed E-state index contributed by atoms with van der Waals surface area (Å²) in [7, 11) is 2.06. The van der Waals surface area contributed by atoms with Gasteiger partial charge in [0.1, 0.15) is 10.8 Å². The van der Waals surface area contributed by atoms with Gasteiger partial charge in [0.05, 0.1) is 11.9 Å². The first-order valence-corrected chi connectivity index (χ1v) is 10.3. The van der Waals surface area contributed by atoms with Crippen LogP contribution in [0.15, 0.2) is 35.5 Å². The number of nitrogens with one attached hydrogen (secondary N) is 3. The number of nitrogens with two attached hydrogens (primary N) is 1. The molecule has 7 nitrogen and oxygen atoms in total. The minimum Gasteiger partial charge on any atom is -0.370 e. The Kier molecular flexibility index (Phi) is 6.64. The molecule has 1 aromatic carbocycles. The maximum absolute atomic E-state index is 5.93. The van der Waals surface area contributed by atoms with Gasteiger partial charge in [-0.1, -0.05) is 18.2 Å². The number of hydrogen-bond donors (Lipinski definition) is 4. The van der Waals surface area contributed by atoms with Crippen LogP contribution in [0, 0.1) is 13.8 Å². The Labute approximate surface area is 171 Å². The highest BCUT2D eigenvalue weighted by atomic mass is 32.2. The van der Waals surface area contributed by atoms with Crippen molar-refractivity contribution in [3.05, 3.63) is 46.6 Å². The normalized spacial score (nSPS) is 16.1. The summed E-state index contributed by atoms with van der Waals surface area (Å²) in [5.41, 5.74) is 10.3. The van der Waals surface area contributed by atoms with Crippen LogP contribution in [0.1, 0.15) is 24.5 Å². The molecular weight excluding hydrogens is 370 g/mol. The van der Waals surface area contributed by atoms with E-state index in [4.69, 9.17) is 5.73 Å². The maximum Gasteiger partial charge on any atom is 0.222 e. The molecule has 8 heteroatoms. The van der Waals surface area contributed by atoms with Crippen molar-refractivity contribution < 1.29 is 0 Å². The molecule has 0 radical (unpaired) electrons. The minimum absolute atomic E-state index is 0.284. The summed E-state index contributed by atoms with van der Waals surface area (Å²) in [6, 6.07) is 8.17. The fourth-order valence-corrected chi connectivity index (χ4v) is 3.78. The minimum atomic E-state index is 0.284. The summed E-state index contributed by atoms with van der Waals surface area (Å²) in [6.07, 6.45) is 3.42. The van der Waals surface area contributed by atoms with Crippen molar-refractivity contribution in [3.8, 4) is 11.3 Å². The highest BCUT2D eigenvalue weighted by Gasteiger charge is 2.15. The second kappa shape index (κ2) is 9.16. The molecule has 150 valence electrons. The van der Waals surface area contributed by atoms with Crippen molar-refractivity contribution in [1.29, 1.82) is 0 Å². The molecule has 0 saturated heterocycles. The lowest BCUT2D eigenvalue weighted by Crippen LogP contribution is -2.29. The van der Waals surface area contributed by atoms with E-state index in [0.717, 1.165) is 41.6 Å². The Bertz CT molecular complexity index is 852. The topological polar surface area (TPSA) is 91.1 Å². The van der Waals surface area contributed by atoms with Gasteiger partial charge < -0.3 is 21.3 Å². The SMILES string of the molecule is Cc1cccc(-c2cc(NCCCNSC3=CN(C)C(C)N3)nc(N)n2)c1C. The van der Waals surface area contributed by atoms with Crippen LogP contribution in [-0.2, 0) is 0 Å². The Morgan fingerprint density at radius 3 is 2.82 bits per heavy atom. The predicted octanol–water partition coefficient (Wildman–Crippen LogP) is 3.06. The summed E-state index contributed by atoms with van der Waals surface area (Å²) in [6.45, 7) is 8.03. The third kappa shape index (κ3) is 5.08. The van der Waals surface area contributed by atoms with E-state index in [1.54, 1.807) is 11.9 Å². The van der Waals surface area contributed by atoms with Crippen LogP contribution in [0.25, 0.3) is 11.3 Å². The largest absolute Gasteiger partial charge is 0.370 e. The zero-order chi connectivity index (χ0) is 20.1. The summed E-state index contributed by atoms with van der Waals surface area (Å²) in [5, 5.41) is 7.89. The van der Waals surface area contributed by atoms with E-state index >= 15 is 0 Å². The van der Waals surface area contributed by atoms with Crippen molar-refractivity contribution in [2.24, 2.45) is 0 Å². The van der Waals surface area contributed by atoms with E-state index in [-0.39, 0.29) is 5.95 Å². The first-order valence-electron chi connectivity index (χ1n) is 9.49. The quantitative estimate of drug-likeness (QED) is 0.398. The Hall–Kier alpha value is -2.45. The molecule has 0 spiro atoms. The third-order valence-electron chi connectivity index (χ3n) is 4.85. The van der Waals surface area contributed by atoms with Crippen molar-refractivity contribution in [3.63, 3.8) is 0 Å². The Morgan fingerprint density at radius 2 is 2.07 bits per heavy atom.